The first-order valence-corrected chi connectivity index (χ1v) is 5.90. The number of anilines is 2. The highest BCUT2D eigenvalue weighted by molar-refractivity contribution is 5.90. The van der Waals surface area contributed by atoms with Crippen molar-refractivity contribution in [3.05, 3.63) is 24.3 Å². The average Bonchev–Trinajstić information content (AvgIpc) is 2.35. The molecule has 0 aliphatic carbocycles. The van der Waals surface area contributed by atoms with E-state index in [1.54, 1.807) is 0 Å². The summed E-state index contributed by atoms with van der Waals surface area (Å²) in [6.07, 6.45) is 1.06. The fourth-order valence-corrected chi connectivity index (χ4v) is 1.72. The van der Waals surface area contributed by atoms with Crippen LogP contribution in [0.4, 0.5) is 11.8 Å². The lowest BCUT2D eigenvalue weighted by molar-refractivity contribution is 0.951. The second-order valence-electron chi connectivity index (χ2n) is 4.21. The number of aromatic nitrogens is 2. The zero-order valence-electron chi connectivity index (χ0n) is 10.6. The molecule has 90 valence electrons. The first kappa shape index (κ1) is 11.6. The van der Waals surface area contributed by atoms with E-state index in [9.17, 15) is 0 Å². The normalized spacial score (nSPS) is 10.5. The molecule has 0 aliphatic rings. The van der Waals surface area contributed by atoms with Gasteiger partial charge in [-0.1, -0.05) is 19.1 Å². The Morgan fingerprint density at radius 3 is 2.65 bits per heavy atom. The molecule has 0 radical (unpaired) electrons. The Morgan fingerprint density at radius 1 is 1.18 bits per heavy atom. The molecular weight excluding hydrogens is 212 g/mol. The summed E-state index contributed by atoms with van der Waals surface area (Å²) in [6, 6.07) is 8.08. The van der Waals surface area contributed by atoms with Crippen LogP contribution in [0.3, 0.4) is 0 Å². The molecule has 4 nitrogen and oxygen atoms in total. The summed E-state index contributed by atoms with van der Waals surface area (Å²) in [5, 5.41) is 4.32. The molecule has 0 saturated heterocycles. The summed E-state index contributed by atoms with van der Waals surface area (Å²) < 4.78 is 0. The molecule has 17 heavy (non-hydrogen) atoms. The van der Waals surface area contributed by atoms with Crippen molar-refractivity contribution in [3.63, 3.8) is 0 Å². The van der Waals surface area contributed by atoms with E-state index in [1.807, 2.05) is 43.3 Å². The van der Waals surface area contributed by atoms with E-state index in [1.165, 1.54) is 0 Å². The highest BCUT2D eigenvalue weighted by atomic mass is 15.2. The molecule has 1 N–H and O–H groups in total. The monoisotopic (exact) mass is 230 g/mol. The molecule has 0 aliphatic heterocycles. The first-order valence-electron chi connectivity index (χ1n) is 5.90. The predicted octanol–water partition coefficient (Wildman–Crippen LogP) is 2.52. The van der Waals surface area contributed by atoms with Gasteiger partial charge < -0.3 is 10.2 Å². The third-order valence-corrected chi connectivity index (χ3v) is 2.54. The summed E-state index contributed by atoms with van der Waals surface area (Å²) in [7, 11) is 4.00. The van der Waals surface area contributed by atoms with Gasteiger partial charge in [-0.15, -0.1) is 0 Å². The maximum atomic E-state index is 4.54. The number of hydrogen-bond donors (Lipinski definition) is 1. The summed E-state index contributed by atoms with van der Waals surface area (Å²) in [4.78, 5) is 11.1. The summed E-state index contributed by atoms with van der Waals surface area (Å²) >= 11 is 0. The van der Waals surface area contributed by atoms with Crippen LogP contribution in [0.5, 0.6) is 0 Å². The van der Waals surface area contributed by atoms with Crippen molar-refractivity contribution in [1.29, 1.82) is 0 Å². The topological polar surface area (TPSA) is 41.1 Å². The van der Waals surface area contributed by atoms with Crippen molar-refractivity contribution < 1.29 is 0 Å². The minimum absolute atomic E-state index is 0.703. The number of nitrogens with zero attached hydrogens (tertiary/aromatic N) is 3. The molecule has 1 aromatic carbocycles. The van der Waals surface area contributed by atoms with E-state index in [0.717, 1.165) is 29.7 Å². The summed E-state index contributed by atoms with van der Waals surface area (Å²) in [5.74, 6) is 1.66. The zero-order valence-corrected chi connectivity index (χ0v) is 10.6. The van der Waals surface area contributed by atoms with E-state index in [4.69, 9.17) is 0 Å². The lowest BCUT2D eigenvalue weighted by atomic mass is 10.2. The fraction of sp³-hybridized carbons (Fsp3) is 0.385. The molecule has 1 heterocycles. The van der Waals surface area contributed by atoms with E-state index in [-0.39, 0.29) is 0 Å². The van der Waals surface area contributed by atoms with Gasteiger partial charge in [-0.05, 0) is 18.6 Å². The SMILES string of the molecule is CCCNc1nc(N(C)C)c2ccccc2n1. The quantitative estimate of drug-likeness (QED) is 0.876. The second kappa shape index (κ2) is 4.99. The van der Waals surface area contributed by atoms with E-state index >= 15 is 0 Å². The fourth-order valence-electron chi connectivity index (χ4n) is 1.72. The summed E-state index contributed by atoms with van der Waals surface area (Å²) in [5.41, 5.74) is 0.977. The van der Waals surface area contributed by atoms with Gasteiger partial charge in [0.1, 0.15) is 5.82 Å². The minimum atomic E-state index is 0.703. The maximum Gasteiger partial charge on any atom is 0.225 e. The van der Waals surface area contributed by atoms with Crippen molar-refractivity contribution in [2.24, 2.45) is 0 Å². The van der Waals surface area contributed by atoms with Gasteiger partial charge in [0.05, 0.1) is 5.52 Å². The molecular formula is C13H18N4. The van der Waals surface area contributed by atoms with Gasteiger partial charge in [-0.3, -0.25) is 0 Å². The maximum absolute atomic E-state index is 4.54. The molecule has 0 saturated carbocycles. The highest BCUT2D eigenvalue weighted by Gasteiger charge is 2.08. The van der Waals surface area contributed by atoms with Gasteiger partial charge in [-0.25, -0.2) is 4.98 Å². The van der Waals surface area contributed by atoms with Gasteiger partial charge in [-0.2, -0.15) is 4.98 Å². The molecule has 0 unspecified atom stereocenters. The molecule has 2 aromatic rings. The standard InChI is InChI=1S/C13H18N4/c1-4-9-14-13-15-11-8-6-5-7-10(11)12(16-13)17(2)3/h5-8H,4,9H2,1-3H3,(H,14,15,16). The van der Waals surface area contributed by atoms with Crippen molar-refractivity contribution in [3.8, 4) is 0 Å². The second-order valence-corrected chi connectivity index (χ2v) is 4.21. The zero-order chi connectivity index (χ0) is 12.3. The van der Waals surface area contributed by atoms with Gasteiger partial charge in [0.25, 0.3) is 0 Å². The van der Waals surface area contributed by atoms with Crippen LogP contribution in [0.2, 0.25) is 0 Å². The molecule has 0 spiro atoms. The van der Waals surface area contributed by atoms with Gasteiger partial charge in [0, 0.05) is 26.0 Å². The van der Waals surface area contributed by atoms with Crippen LogP contribution in [0.25, 0.3) is 10.9 Å². The number of fused-ring (bicyclic) bond motifs is 1. The molecule has 4 heteroatoms. The third-order valence-electron chi connectivity index (χ3n) is 2.54. The van der Waals surface area contributed by atoms with Gasteiger partial charge in [0.2, 0.25) is 5.95 Å². The number of nitrogens with one attached hydrogen (secondary N) is 1. The van der Waals surface area contributed by atoms with E-state index in [0.29, 0.717) is 5.95 Å². The van der Waals surface area contributed by atoms with Crippen LogP contribution in [-0.2, 0) is 0 Å². The van der Waals surface area contributed by atoms with Crippen molar-refractivity contribution in [1.82, 2.24) is 9.97 Å². The Kier molecular flexibility index (Phi) is 3.42. The number of rotatable bonds is 4. The van der Waals surface area contributed by atoms with Crippen LogP contribution in [0.1, 0.15) is 13.3 Å². The lowest BCUT2D eigenvalue weighted by Crippen LogP contribution is -2.14. The molecule has 0 atom stereocenters. The van der Waals surface area contributed by atoms with E-state index < -0.39 is 0 Å². The van der Waals surface area contributed by atoms with Crippen LogP contribution >= 0.6 is 0 Å². The molecule has 2 rings (SSSR count). The smallest absolute Gasteiger partial charge is 0.225 e. The average molecular weight is 230 g/mol. The molecule has 0 fully saturated rings. The lowest BCUT2D eigenvalue weighted by Gasteiger charge is -2.15. The Morgan fingerprint density at radius 2 is 1.94 bits per heavy atom. The predicted molar refractivity (Wildman–Crippen MR) is 72.6 cm³/mol. The van der Waals surface area contributed by atoms with Crippen molar-refractivity contribution >= 4 is 22.7 Å². The number of hydrogen-bond acceptors (Lipinski definition) is 4. The minimum Gasteiger partial charge on any atom is -0.362 e. The summed E-state index contributed by atoms with van der Waals surface area (Å²) in [6.45, 7) is 3.02. The van der Waals surface area contributed by atoms with Gasteiger partial charge >= 0.3 is 0 Å². The van der Waals surface area contributed by atoms with Crippen LogP contribution in [-0.4, -0.2) is 30.6 Å². The Balaban J connectivity index is 2.51. The van der Waals surface area contributed by atoms with Crippen molar-refractivity contribution in [2.45, 2.75) is 13.3 Å². The molecule has 0 bridgehead atoms. The number of benzene rings is 1. The third kappa shape index (κ3) is 2.46. The Hall–Kier alpha value is -1.84. The van der Waals surface area contributed by atoms with Crippen LogP contribution in [0, 0.1) is 0 Å². The molecule has 1 aromatic heterocycles. The van der Waals surface area contributed by atoms with Crippen LogP contribution in [0.15, 0.2) is 24.3 Å². The van der Waals surface area contributed by atoms with E-state index in [2.05, 4.69) is 22.2 Å². The largest absolute Gasteiger partial charge is 0.362 e. The van der Waals surface area contributed by atoms with Crippen LogP contribution < -0.4 is 10.2 Å². The number of para-hydroxylation sites is 1. The Labute approximate surface area is 102 Å². The molecule has 0 amide bonds. The van der Waals surface area contributed by atoms with Gasteiger partial charge in [0.15, 0.2) is 0 Å². The Bertz CT molecular complexity index is 508. The highest BCUT2D eigenvalue weighted by Crippen LogP contribution is 2.23. The first-order chi connectivity index (χ1) is 8.22. The van der Waals surface area contributed by atoms with Crippen molar-refractivity contribution in [2.75, 3.05) is 30.9 Å².